The lowest BCUT2D eigenvalue weighted by Crippen LogP contribution is -2.06. The van der Waals surface area contributed by atoms with Gasteiger partial charge in [0.2, 0.25) is 0 Å². The van der Waals surface area contributed by atoms with E-state index in [9.17, 15) is 0 Å². The van der Waals surface area contributed by atoms with Gasteiger partial charge in [-0.3, -0.25) is 0 Å². The average Bonchev–Trinajstić information content (AvgIpc) is 3.26. The van der Waals surface area contributed by atoms with Gasteiger partial charge >= 0.3 is 0 Å². The zero-order valence-corrected chi connectivity index (χ0v) is 12.9. The maximum atomic E-state index is 6.00. The van der Waals surface area contributed by atoms with Gasteiger partial charge in [-0.1, -0.05) is 30.3 Å². The average molecular weight is 303 g/mol. The van der Waals surface area contributed by atoms with Crippen LogP contribution in [-0.2, 0) is 4.74 Å². The highest BCUT2D eigenvalue weighted by molar-refractivity contribution is 7.11. The maximum absolute atomic E-state index is 6.00. The molecule has 0 atom stereocenters. The molecule has 1 saturated carbocycles. The third-order valence-electron chi connectivity index (χ3n) is 3.58. The Balaban J connectivity index is 1.51. The first-order chi connectivity index (χ1) is 10.3. The van der Waals surface area contributed by atoms with Crippen molar-refractivity contribution in [2.75, 3.05) is 30.8 Å². The van der Waals surface area contributed by atoms with Crippen LogP contribution in [0.3, 0.4) is 0 Å². The standard InChI is InChI=1S/C16H21N3OS/c17-15-14(13-5-2-1-3-6-13)16(21-19-15)18-9-4-10-20-11-12-7-8-12/h1-3,5-6,12,18H,4,7-11H2,(H2,17,19). The van der Waals surface area contributed by atoms with E-state index < -0.39 is 0 Å². The van der Waals surface area contributed by atoms with E-state index in [4.69, 9.17) is 10.5 Å². The van der Waals surface area contributed by atoms with Crippen LogP contribution in [0.5, 0.6) is 0 Å². The van der Waals surface area contributed by atoms with Crippen LogP contribution in [0.2, 0.25) is 0 Å². The Labute approximate surface area is 129 Å². The summed E-state index contributed by atoms with van der Waals surface area (Å²) in [7, 11) is 0. The minimum Gasteiger partial charge on any atom is -0.382 e. The van der Waals surface area contributed by atoms with E-state index >= 15 is 0 Å². The van der Waals surface area contributed by atoms with E-state index in [1.54, 1.807) is 0 Å². The highest BCUT2D eigenvalue weighted by Gasteiger charge is 2.20. The predicted molar refractivity (Wildman–Crippen MR) is 88.6 cm³/mol. The predicted octanol–water partition coefficient (Wildman–Crippen LogP) is 3.62. The van der Waals surface area contributed by atoms with Crippen LogP contribution in [0.25, 0.3) is 11.1 Å². The van der Waals surface area contributed by atoms with E-state index in [2.05, 4.69) is 21.8 Å². The highest BCUT2D eigenvalue weighted by Crippen LogP contribution is 2.36. The number of nitrogens with two attached hydrogens (primary N) is 1. The van der Waals surface area contributed by atoms with Gasteiger partial charge in [-0.2, -0.15) is 4.37 Å². The van der Waals surface area contributed by atoms with E-state index in [1.807, 2.05) is 18.2 Å². The van der Waals surface area contributed by atoms with Crippen molar-refractivity contribution in [3.8, 4) is 11.1 Å². The summed E-state index contributed by atoms with van der Waals surface area (Å²) in [4.78, 5) is 0. The molecule has 1 aromatic heterocycles. The van der Waals surface area contributed by atoms with Crippen molar-refractivity contribution < 1.29 is 4.74 Å². The van der Waals surface area contributed by atoms with Crippen LogP contribution in [0.15, 0.2) is 30.3 Å². The largest absolute Gasteiger partial charge is 0.382 e. The number of aromatic nitrogens is 1. The number of anilines is 2. The first kappa shape index (κ1) is 14.4. The van der Waals surface area contributed by atoms with Crippen molar-refractivity contribution >= 4 is 22.4 Å². The van der Waals surface area contributed by atoms with Gasteiger partial charge in [0.05, 0.1) is 5.56 Å². The van der Waals surface area contributed by atoms with Crippen molar-refractivity contribution in [1.29, 1.82) is 0 Å². The Kier molecular flexibility index (Phi) is 4.72. The van der Waals surface area contributed by atoms with Gasteiger partial charge in [0.25, 0.3) is 0 Å². The van der Waals surface area contributed by atoms with Crippen molar-refractivity contribution in [1.82, 2.24) is 4.37 Å². The first-order valence-electron chi connectivity index (χ1n) is 7.47. The number of nitrogens with one attached hydrogen (secondary N) is 1. The summed E-state index contributed by atoms with van der Waals surface area (Å²) in [6.45, 7) is 2.63. The lowest BCUT2D eigenvalue weighted by molar-refractivity contribution is 0.124. The molecule has 3 rings (SSSR count). The Hall–Kier alpha value is -1.59. The number of nitrogens with zero attached hydrogens (tertiary/aromatic N) is 1. The van der Waals surface area contributed by atoms with Crippen LogP contribution in [0, 0.1) is 5.92 Å². The fourth-order valence-electron chi connectivity index (χ4n) is 2.22. The molecule has 0 unspecified atom stereocenters. The molecular weight excluding hydrogens is 282 g/mol. The van der Waals surface area contributed by atoms with Crippen LogP contribution < -0.4 is 11.1 Å². The molecule has 0 saturated heterocycles. The van der Waals surface area contributed by atoms with E-state index in [0.29, 0.717) is 5.82 Å². The third-order valence-corrected chi connectivity index (χ3v) is 4.40. The Morgan fingerprint density at radius 2 is 2.10 bits per heavy atom. The molecular formula is C16H21N3OS. The Bertz CT molecular complexity index is 566. The topological polar surface area (TPSA) is 60.2 Å². The molecule has 1 fully saturated rings. The SMILES string of the molecule is Nc1nsc(NCCCOCC2CC2)c1-c1ccccc1. The lowest BCUT2D eigenvalue weighted by Gasteiger charge is -2.08. The first-order valence-corrected chi connectivity index (χ1v) is 8.24. The Morgan fingerprint density at radius 3 is 2.86 bits per heavy atom. The zero-order valence-electron chi connectivity index (χ0n) is 12.0. The summed E-state index contributed by atoms with van der Waals surface area (Å²) < 4.78 is 9.90. The zero-order chi connectivity index (χ0) is 14.5. The molecule has 0 spiro atoms. The quantitative estimate of drug-likeness (QED) is 0.731. The van der Waals surface area contributed by atoms with Crippen molar-refractivity contribution in [2.24, 2.45) is 5.92 Å². The van der Waals surface area contributed by atoms with Crippen LogP contribution in [-0.4, -0.2) is 24.1 Å². The van der Waals surface area contributed by atoms with Crippen LogP contribution in [0.4, 0.5) is 10.8 Å². The number of ether oxygens (including phenoxy) is 1. The third kappa shape index (κ3) is 3.95. The summed E-state index contributed by atoms with van der Waals surface area (Å²) >= 11 is 1.42. The van der Waals surface area contributed by atoms with Gasteiger partial charge in [0, 0.05) is 19.8 Å². The molecule has 1 aliphatic rings. The van der Waals surface area contributed by atoms with Crippen molar-refractivity contribution in [2.45, 2.75) is 19.3 Å². The molecule has 1 heterocycles. The minimum absolute atomic E-state index is 0.596. The minimum atomic E-state index is 0.596. The molecule has 0 bridgehead atoms. The van der Waals surface area contributed by atoms with E-state index in [0.717, 1.165) is 48.2 Å². The normalized spacial score (nSPS) is 14.3. The second kappa shape index (κ2) is 6.91. The number of hydrogen-bond acceptors (Lipinski definition) is 5. The molecule has 1 aliphatic carbocycles. The Morgan fingerprint density at radius 1 is 1.29 bits per heavy atom. The van der Waals surface area contributed by atoms with Crippen LogP contribution in [0.1, 0.15) is 19.3 Å². The van der Waals surface area contributed by atoms with Crippen molar-refractivity contribution in [3.05, 3.63) is 30.3 Å². The van der Waals surface area contributed by atoms with E-state index in [1.165, 1.54) is 24.4 Å². The molecule has 0 radical (unpaired) electrons. The molecule has 1 aromatic carbocycles. The van der Waals surface area contributed by atoms with Crippen molar-refractivity contribution in [3.63, 3.8) is 0 Å². The number of benzene rings is 1. The number of hydrogen-bond donors (Lipinski definition) is 2. The summed E-state index contributed by atoms with van der Waals surface area (Å²) in [6.07, 6.45) is 3.69. The van der Waals surface area contributed by atoms with E-state index in [-0.39, 0.29) is 0 Å². The van der Waals surface area contributed by atoms with Gasteiger partial charge in [-0.25, -0.2) is 0 Å². The van der Waals surface area contributed by atoms with Gasteiger partial charge in [-0.15, -0.1) is 0 Å². The summed E-state index contributed by atoms with van der Waals surface area (Å²) in [5.74, 6) is 1.43. The second-order valence-electron chi connectivity index (χ2n) is 5.44. The fourth-order valence-corrected chi connectivity index (χ4v) is 2.98. The summed E-state index contributed by atoms with van der Waals surface area (Å²) in [5.41, 5.74) is 8.12. The monoisotopic (exact) mass is 303 g/mol. The molecule has 2 aromatic rings. The molecule has 3 N–H and O–H groups in total. The van der Waals surface area contributed by atoms with Gasteiger partial charge < -0.3 is 15.8 Å². The number of nitrogen functional groups attached to an aromatic ring is 1. The summed E-state index contributed by atoms with van der Waals surface area (Å²) in [5, 5.41) is 4.47. The highest BCUT2D eigenvalue weighted by atomic mass is 32.1. The smallest absolute Gasteiger partial charge is 0.147 e. The molecule has 21 heavy (non-hydrogen) atoms. The lowest BCUT2D eigenvalue weighted by atomic mass is 10.1. The van der Waals surface area contributed by atoms with Gasteiger partial charge in [-0.05, 0) is 42.3 Å². The van der Waals surface area contributed by atoms with Crippen LogP contribution >= 0.6 is 11.5 Å². The maximum Gasteiger partial charge on any atom is 0.147 e. The van der Waals surface area contributed by atoms with Gasteiger partial charge in [0.1, 0.15) is 10.8 Å². The molecule has 0 amide bonds. The molecule has 0 aliphatic heterocycles. The summed E-state index contributed by atoms with van der Waals surface area (Å²) in [6, 6.07) is 10.2. The molecule has 112 valence electrons. The molecule has 4 nitrogen and oxygen atoms in total. The number of rotatable bonds is 8. The molecule has 5 heteroatoms. The van der Waals surface area contributed by atoms with Gasteiger partial charge in [0.15, 0.2) is 0 Å². The second-order valence-corrected chi connectivity index (χ2v) is 6.21. The fraction of sp³-hybridized carbons (Fsp3) is 0.438.